The molecule has 2 atom stereocenters. The highest BCUT2D eigenvalue weighted by atomic mass is 32.2. The van der Waals surface area contributed by atoms with E-state index >= 15 is 0 Å². The third-order valence-corrected chi connectivity index (χ3v) is 5.96. The molecule has 3 rings (SSSR count). The Morgan fingerprint density at radius 1 is 1.59 bits per heavy atom. The van der Waals surface area contributed by atoms with Gasteiger partial charge >= 0.3 is 5.97 Å². The van der Waals surface area contributed by atoms with Gasteiger partial charge in [-0.1, -0.05) is 23.9 Å². The number of carbonyl (C=O) groups excluding carboxylic acids is 1. The zero-order valence-corrected chi connectivity index (χ0v) is 13.3. The fourth-order valence-corrected chi connectivity index (χ4v) is 4.79. The molecule has 3 N–H and O–H groups in total. The summed E-state index contributed by atoms with van der Waals surface area (Å²) in [6.07, 6.45) is -0.343. The molecule has 0 unspecified atom stereocenters. The number of fused-ring (bicyclic) bond motifs is 1. The van der Waals surface area contributed by atoms with Gasteiger partial charge in [0, 0.05) is 11.5 Å². The number of nitrogens with zero attached hydrogens (tertiary/aromatic N) is 3. The maximum Gasteiger partial charge on any atom is 0.352 e. The Bertz CT molecular complexity index is 659. The number of rotatable bonds is 5. The van der Waals surface area contributed by atoms with Crippen LogP contribution in [0.4, 0.5) is 0 Å². The SMILES string of the molecule is CCc1[nH]nnc1SCC1=C(C(=O)O)N2C(=O)[C@@H](O)[C@@H]2SC1. The summed E-state index contributed by atoms with van der Waals surface area (Å²) in [6, 6.07) is 0. The maximum absolute atomic E-state index is 11.7. The second kappa shape index (κ2) is 5.94. The Balaban J connectivity index is 1.81. The van der Waals surface area contributed by atoms with Gasteiger partial charge in [0.05, 0.1) is 5.69 Å². The zero-order valence-electron chi connectivity index (χ0n) is 11.6. The number of carboxylic acid groups (broad SMARTS) is 1. The maximum atomic E-state index is 11.7. The molecule has 0 bridgehead atoms. The Morgan fingerprint density at radius 3 is 3.05 bits per heavy atom. The largest absolute Gasteiger partial charge is 0.477 e. The van der Waals surface area contributed by atoms with Gasteiger partial charge in [0.2, 0.25) is 0 Å². The predicted molar refractivity (Wildman–Crippen MR) is 80.2 cm³/mol. The van der Waals surface area contributed by atoms with Crippen LogP contribution in [0.5, 0.6) is 0 Å². The van der Waals surface area contributed by atoms with E-state index in [9.17, 15) is 19.8 Å². The van der Waals surface area contributed by atoms with Gasteiger partial charge in [-0.15, -0.1) is 16.9 Å². The number of H-pyrrole nitrogens is 1. The average molecular weight is 342 g/mol. The molecule has 1 amide bonds. The molecule has 1 fully saturated rings. The summed E-state index contributed by atoms with van der Waals surface area (Å²) in [5.74, 6) is -0.801. The van der Waals surface area contributed by atoms with Crippen LogP contribution in [0, 0.1) is 0 Å². The molecule has 8 nitrogen and oxygen atoms in total. The van der Waals surface area contributed by atoms with E-state index in [4.69, 9.17) is 0 Å². The first-order valence-electron chi connectivity index (χ1n) is 6.65. The summed E-state index contributed by atoms with van der Waals surface area (Å²) in [4.78, 5) is 24.4. The molecule has 0 saturated carbocycles. The van der Waals surface area contributed by atoms with Gasteiger partial charge < -0.3 is 10.2 Å². The fourth-order valence-electron chi connectivity index (χ4n) is 2.38. The first kappa shape index (κ1) is 15.4. The van der Waals surface area contributed by atoms with E-state index in [1.165, 1.54) is 28.4 Å². The molecule has 22 heavy (non-hydrogen) atoms. The van der Waals surface area contributed by atoms with Crippen molar-refractivity contribution in [3.05, 3.63) is 17.0 Å². The van der Waals surface area contributed by atoms with Crippen molar-refractivity contribution in [3.63, 3.8) is 0 Å². The van der Waals surface area contributed by atoms with Gasteiger partial charge in [-0.3, -0.25) is 14.8 Å². The molecule has 0 radical (unpaired) electrons. The molecule has 2 aliphatic heterocycles. The lowest BCUT2D eigenvalue weighted by Gasteiger charge is -2.47. The number of aromatic nitrogens is 3. The smallest absolute Gasteiger partial charge is 0.352 e. The molecular formula is C12H14N4O4S2. The van der Waals surface area contributed by atoms with Crippen LogP contribution in [0.15, 0.2) is 16.3 Å². The van der Waals surface area contributed by atoms with Crippen LogP contribution in [0.25, 0.3) is 0 Å². The number of aliphatic hydroxyl groups excluding tert-OH is 1. The topological polar surface area (TPSA) is 119 Å². The summed E-state index contributed by atoms with van der Waals surface area (Å²) < 4.78 is 0. The summed E-state index contributed by atoms with van der Waals surface area (Å²) in [5.41, 5.74) is 1.55. The number of hydrogen-bond acceptors (Lipinski definition) is 7. The van der Waals surface area contributed by atoms with Gasteiger partial charge in [-0.25, -0.2) is 4.79 Å². The standard InChI is InChI=1S/C12H14N4O4S2/c1-2-6-9(14-15-13-6)21-3-5-4-22-11-8(17)10(18)16(11)7(5)12(19)20/h8,11,17H,2-4H2,1H3,(H,19,20)(H,13,14,15)/t8-,11+/m1/s1. The number of aliphatic carboxylic acids is 1. The molecule has 118 valence electrons. The highest BCUT2D eigenvalue weighted by Gasteiger charge is 2.52. The molecule has 1 saturated heterocycles. The lowest BCUT2D eigenvalue weighted by Crippen LogP contribution is -2.64. The number of amides is 1. The van der Waals surface area contributed by atoms with E-state index < -0.39 is 23.4 Å². The molecular weight excluding hydrogens is 328 g/mol. The van der Waals surface area contributed by atoms with Crippen LogP contribution in [0.1, 0.15) is 12.6 Å². The predicted octanol–water partition coefficient (Wildman–Crippen LogP) is 0.0739. The molecule has 10 heteroatoms. The van der Waals surface area contributed by atoms with Crippen molar-refractivity contribution in [2.75, 3.05) is 11.5 Å². The van der Waals surface area contributed by atoms with E-state index in [1.807, 2.05) is 6.92 Å². The molecule has 1 aromatic rings. The van der Waals surface area contributed by atoms with Gasteiger partial charge in [-0.2, -0.15) is 0 Å². The van der Waals surface area contributed by atoms with E-state index in [2.05, 4.69) is 15.4 Å². The molecule has 3 heterocycles. The molecule has 1 aromatic heterocycles. The second-order valence-electron chi connectivity index (χ2n) is 4.85. The number of thioether (sulfide) groups is 2. The molecule has 0 aliphatic carbocycles. The van der Waals surface area contributed by atoms with E-state index in [1.54, 1.807) is 0 Å². The fraction of sp³-hybridized carbons (Fsp3) is 0.500. The quantitative estimate of drug-likeness (QED) is 0.508. The molecule has 2 aliphatic rings. The summed E-state index contributed by atoms with van der Waals surface area (Å²) in [6.45, 7) is 1.97. The second-order valence-corrected chi connectivity index (χ2v) is 6.92. The van der Waals surface area contributed by atoms with Gasteiger partial charge in [-0.05, 0) is 12.0 Å². The highest BCUT2D eigenvalue weighted by molar-refractivity contribution is 8.01. The van der Waals surface area contributed by atoms with Crippen LogP contribution in [-0.4, -0.2) is 65.4 Å². The van der Waals surface area contributed by atoms with Crippen LogP contribution >= 0.6 is 23.5 Å². The van der Waals surface area contributed by atoms with Crippen molar-refractivity contribution < 1.29 is 19.8 Å². The average Bonchev–Trinajstić information content (AvgIpc) is 2.98. The van der Waals surface area contributed by atoms with Gasteiger partial charge in [0.15, 0.2) is 6.10 Å². The van der Waals surface area contributed by atoms with E-state index in [-0.39, 0.29) is 5.70 Å². The van der Waals surface area contributed by atoms with Gasteiger partial charge in [0.25, 0.3) is 5.91 Å². The molecule has 0 aromatic carbocycles. The minimum absolute atomic E-state index is 0.00640. The number of aliphatic hydroxyl groups is 1. The lowest BCUT2D eigenvalue weighted by atomic mass is 10.1. The summed E-state index contributed by atoms with van der Waals surface area (Å²) >= 11 is 2.77. The minimum Gasteiger partial charge on any atom is -0.477 e. The van der Waals surface area contributed by atoms with E-state index in [0.717, 1.165) is 17.1 Å². The van der Waals surface area contributed by atoms with Crippen LogP contribution in [0.3, 0.4) is 0 Å². The van der Waals surface area contributed by atoms with Gasteiger partial charge in [0.1, 0.15) is 16.1 Å². The number of aromatic amines is 1. The van der Waals surface area contributed by atoms with Crippen molar-refractivity contribution in [1.29, 1.82) is 0 Å². The van der Waals surface area contributed by atoms with Crippen LogP contribution in [-0.2, 0) is 16.0 Å². The number of aryl methyl sites for hydroxylation is 1. The van der Waals surface area contributed by atoms with E-state index in [0.29, 0.717) is 17.1 Å². The van der Waals surface area contributed by atoms with Crippen LogP contribution < -0.4 is 0 Å². The third kappa shape index (κ3) is 2.40. The minimum atomic E-state index is -1.14. The third-order valence-electron chi connectivity index (χ3n) is 3.54. The Hall–Kier alpha value is -1.52. The van der Waals surface area contributed by atoms with Crippen molar-refractivity contribution in [2.45, 2.75) is 29.8 Å². The van der Waals surface area contributed by atoms with Crippen molar-refractivity contribution in [3.8, 4) is 0 Å². The highest BCUT2D eigenvalue weighted by Crippen LogP contribution is 2.41. The number of carbonyl (C=O) groups is 2. The number of carboxylic acids is 1. The van der Waals surface area contributed by atoms with Crippen molar-refractivity contribution in [1.82, 2.24) is 20.3 Å². The zero-order chi connectivity index (χ0) is 15.9. The first-order chi connectivity index (χ1) is 10.5. The number of nitrogens with one attached hydrogen (secondary N) is 1. The first-order valence-corrected chi connectivity index (χ1v) is 8.68. The van der Waals surface area contributed by atoms with Crippen molar-refractivity contribution in [2.24, 2.45) is 0 Å². The monoisotopic (exact) mass is 342 g/mol. The van der Waals surface area contributed by atoms with Crippen LogP contribution in [0.2, 0.25) is 0 Å². The Kier molecular flexibility index (Phi) is 4.15. The lowest BCUT2D eigenvalue weighted by molar-refractivity contribution is -0.159. The Labute approximate surface area is 134 Å². The number of hydrogen-bond donors (Lipinski definition) is 3. The Morgan fingerprint density at radius 2 is 2.36 bits per heavy atom. The summed E-state index contributed by atoms with van der Waals surface area (Å²) in [7, 11) is 0. The number of β-lactam (4-membered cyclic amide) rings is 1. The molecule has 0 spiro atoms. The summed E-state index contributed by atoms with van der Waals surface area (Å²) in [5, 5.41) is 29.8. The normalized spacial score (nSPS) is 24.3. The van der Waals surface area contributed by atoms with Crippen molar-refractivity contribution >= 4 is 35.4 Å².